The average Bonchev–Trinajstić information content (AvgIpc) is 3.61. The Morgan fingerprint density at radius 3 is 2.59 bits per heavy atom. The van der Waals surface area contributed by atoms with Crippen molar-refractivity contribution in [3.05, 3.63) is 79.2 Å². The molecule has 14 heteroatoms. The molecule has 3 heterocycles. The first-order chi connectivity index (χ1) is 20.9. The summed E-state index contributed by atoms with van der Waals surface area (Å²) in [4.78, 5) is 58.7. The first kappa shape index (κ1) is 29.2. The fraction of sp³-hybridized carbons (Fsp3) is 0.400. The van der Waals surface area contributed by atoms with Crippen LogP contribution in [0.25, 0.3) is 21.8 Å². The van der Waals surface area contributed by atoms with E-state index in [-0.39, 0.29) is 28.7 Å². The number of hydrogen-bond donors (Lipinski definition) is 1. The normalized spacial score (nSPS) is 19.3. The van der Waals surface area contributed by atoms with E-state index in [4.69, 9.17) is 5.26 Å². The maximum Gasteiger partial charge on any atom is 0.331 e. The summed E-state index contributed by atoms with van der Waals surface area (Å²) < 4.78 is 46.0. The molecule has 1 saturated heterocycles. The molecule has 1 saturated carbocycles. The molecule has 1 unspecified atom stereocenters. The van der Waals surface area contributed by atoms with Gasteiger partial charge < -0.3 is 10.2 Å². The number of carbonyl (C=O) groups is 1. The SMILES string of the molecule is CC(C)n1c(=O)n(CC2CC2(F)F)c(=O)c2cc(NC(=O)N3CCC[C@@H](n4cnc5cc(C#N)ccc5c4=O)C3)c(F)cc21. The second-order valence-corrected chi connectivity index (χ2v) is 11.6. The lowest BCUT2D eigenvalue weighted by atomic mass is 10.1. The van der Waals surface area contributed by atoms with E-state index in [2.05, 4.69) is 10.3 Å². The summed E-state index contributed by atoms with van der Waals surface area (Å²) in [5, 5.41) is 11.9. The first-order valence-corrected chi connectivity index (χ1v) is 14.2. The van der Waals surface area contributed by atoms with Crippen LogP contribution in [0.3, 0.4) is 0 Å². The van der Waals surface area contributed by atoms with Gasteiger partial charge in [0.05, 0.1) is 51.5 Å². The number of urea groups is 1. The summed E-state index contributed by atoms with van der Waals surface area (Å²) in [6.45, 7) is 3.29. The van der Waals surface area contributed by atoms with Gasteiger partial charge in [-0.15, -0.1) is 0 Å². The third kappa shape index (κ3) is 5.01. The average molecular weight is 608 g/mol. The molecule has 2 aromatic carbocycles. The van der Waals surface area contributed by atoms with Gasteiger partial charge in [-0.1, -0.05) is 0 Å². The number of likely N-dealkylation sites (tertiary alicyclic amines) is 1. The number of nitrogens with zero attached hydrogens (tertiary/aromatic N) is 6. The van der Waals surface area contributed by atoms with Crippen LogP contribution in [0.2, 0.25) is 0 Å². The van der Waals surface area contributed by atoms with E-state index in [0.717, 1.165) is 16.7 Å². The molecule has 1 aliphatic carbocycles. The van der Waals surface area contributed by atoms with Crippen molar-refractivity contribution in [1.82, 2.24) is 23.6 Å². The van der Waals surface area contributed by atoms with Crippen LogP contribution >= 0.6 is 0 Å². The Labute approximate surface area is 247 Å². The number of rotatable bonds is 5. The Balaban J connectivity index is 1.29. The molecule has 0 radical (unpaired) electrons. The second kappa shape index (κ2) is 10.7. The third-order valence-corrected chi connectivity index (χ3v) is 8.36. The van der Waals surface area contributed by atoms with Crippen molar-refractivity contribution in [3.8, 4) is 6.07 Å². The minimum absolute atomic E-state index is 0.00703. The molecule has 2 aliphatic rings. The molecule has 0 spiro atoms. The maximum absolute atomic E-state index is 15.3. The lowest BCUT2D eigenvalue weighted by molar-refractivity contribution is 0.0945. The third-order valence-electron chi connectivity index (χ3n) is 8.36. The summed E-state index contributed by atoms with van der Waals surface area (Å²) >= 11 is 0. The lowest BCUT2D eigenvalue weighted by Crippen LogP contribution is -2.45. The fourth-order valence-corrected chi connectivity index (χ4v) is 5.87. The van der Waals surface area contributed by atoms with E-state index < -0.39 is 60.0 Å². The van der Waals surface area contributed by atoms with E-state index in [0.29, 0.717) is 35.9 Å². The van der Waals surface area contributed by atoms with Crippen LogP contribution < -0.4 is 22.1 Å². The van der Waals surface area contributed by atoms with Crippen LogP contribution in [-0.2, 0) is 6.54 Å². The molecule has 44 heavy (non-hydrogen) atoms. The topological polar surface area (TPSA) is 135 Å². The number of alkyl halides is 2. The molecule has 2 fully saturated rings. The molecule has 1 aliphatic heterocycles. The standard InChI is InChI=1S/C30H28F3N7O4/c1-16(2)40-25-10-22(31)24(9-21(25)27(42)38(29(40)44)13-18-11-30(18,32)33)36-28(43)37-7-3-4-19(14-37)39-15-35-23-8-17(12-34)5-6-20(23)26(39)41/h5-6,8-10,15-16,18-19H,3-4,7,11,13-14H2,1-2H3,(H,36,43)/t18?,19-/m1/s1. The molecular formula is C30H28F3N7O4. The number of aromatic nitrogens is 4. The molecule has 1 N–H and O–H groups in total. The number of nitriles is 1. The fourth-order valence-electron chi connectivity index (χ4n) is 5.87. The molecule has 4 aromatic rings. The van der Waals surface area contributed by atoms with E-state index in [1.54, 1.807) is 19.9 Å². The highest BCUT2D eigenvalue weighted by molar-refractivity contribution is 5.93. The van der Waals surface area contributed by atoms with E-state index in [1.165, 1.54) is 32.5 Å². The van der Waals surface area contributed by atoms with E-state index >= 15 is 4.39 Å². The van der Waals surface area contributed by atoms with Crippen LogP contribution in [0.15, 0.2) is 51.0 Å². The Kier molecular flexibility index (Phi) is 7.06. The summed E-state index contributed by atoms with van der Waals surface area (Å²) in [5.74, 6) is -4.98. The van der Waals surface area contributed by atoms with Crippen LogP contribution in [0.4, 0.5) is 23.7 Å². The zero-order valence-electron chi connectivity index (χ0n) is 23.9. The lowest BCUT2D eigenvalue weighted by Gasteiger charge is -2.33. The van der Waals surface area contributed by atoms with Gasteiger partial charge in [-0.3, -0.25) is 23.3 Å². The Morgan fingerprint density at radius 2 is 1.91 bits per heavy atom. The molecule has 228 valence electrons. The van der Waals surface area contributed by atoms with Gasteiger partial charge in [-0.2, -0.15) is 5.26 Å². The number of carbonyl (C=O) groups excluding carboxylic acids is 1. The Morgan fingerprint density at radius 1 is 1.16 bits per heavy atom. The van der Waals surface area contributed by atoms with Gasteiger partial charge in [-0.05, 0) is 51.0 Å². The predicted molar refractivity (Wildman–Crippen MR) is 155 cm³/mol. The summed E-state index contributed by atoms with van der Waals surface area (Å²) in [5.41, 5.74) is -1.52. The van der Waals surface area contributed by atoms with Gasteiger partial charge >= 0.3 is 11.7 Å². The predicted octanol–water partition coefficient (Wildman–Crippen LogP) is 3.99. The Bertz CT molecular complexity index is 2060. The zero-order chi connectivity index (χ0) is 31.5. The van der Waals surface area contributed by atoms with Gasteiger partial charge in [-0.25, -0.2) is 27.7 Å². The van der Waals surface area contributed by atoms with Crippen LogP contribution in [0, 0.1) is 23.1 Å². The highest BCUT2D eigenvalue weighted by Gasteiger charge is 2.57. The number of hydrogen-bond acceptors (Lipinski definition) is 6. The molecule has 0 bridgehead atoms. The first-order valence-electron chi connectivity index (χ1n) is 14.2. The molecule has 11 nitrogen and oxygen atoms in total. The molecule has 2 aromatic heterocycles. The number of benzene rings is 2. The van der Waals surface area contributed by atoms with Gasteiger partial charge in [0.1, 0.15) is 5.82 Å². The van der Waals surface area contributed by atoms with Crippen LogP contribution in [-0.4, -0.2) is 48.6 Å². The Hall–Kier alpha value is -4.93. The monoisotopic (exact) mass is 607 g/mol. The number of piperidine rings is 1. The van der Waals surface area contributed by atoms with Crippen LogP contribution in [0.5, 0.6) is 0 Å². The van der Waals surface area contributed by atoms with Crippen molar-refractivity contribution in [1.29, 1.82) is 5.26 Å². The van der Waals surface area contributed by atoms with Crippen LogP contribution in [0.1, 0.15) is 50.8 Å². The molecule has 2 atom stereocenters. The van der Waals surface area contributed by atoms with Crippen molar-refractivity contribution in [3.63, 3.8) is 0 Å². The minimum Gasteiger partial charge on any atom is -0.322 e. The smallest absolute Gasteiger partial charge is 0.322 e. The van der Waals surface area contributed by atoms with Crippen molar-refractivity contribution < 1.29 is 18.0 Å². The molecular weight excluding hydrogens is 579 g/mol. The van der Waals surface area contributed by atoms with Gasteiger partial charge in [0.15, 0.2) is 0 Å². The molecule has 2 amide bonds. The highest BCUT2D eigenvalue weighted by atomic mass is 19.3. The number of anilines is 1. The van der Waals surface area contributed by atoms with Crippen molar-refractivity contribution in [2.24, 2.45) is 5.92 Å². The number of amides is 2. The van der Waals surface area contributed by atoms with E-state index in [9.17, 15) is 28.0 Å². The number of fused-ring (bicyclic) bond motifs is 2. The zero-order valence-corrected chi connectivity index (χ0v) is 23.9. The summed E-state index contributed by atoms with van der Waals surface area (Å²) in [6, 6.07) is 7.13. The van der Waals surface area contributed by atoms with Crippen molar-refractivity contribution >= 4 is 33.5 Å². The second-order valence-electron chi connectivity index (χ2n) is 11.6. The minimum atomic E-state index is -2.95. The van der Waals surface area contributed by atoms with Gasteiger partial charge in [0.2, 0.25) is 0 Å². The number of halogens is 3. The largest absolute Gasteiger partial charge is 0.331 e. The molecule has 6 rings (SSSR count). The quantitative estimate of drug-likeness (QED) is 0.365. The summed E-state index contributed by atoms with van der Waals surface area (Å²) in [7, 11) is 0. The number of nitrogens with one attached hydrogen (secondary N) is 1. The van der Waals surface area contributed by atoms with Gasteiger partial charge in [0, 0.05) is 44.1 Å². The van der Waals surface area contributed by atoms with E-state index in [1.807, 2.05) is 6.07 Å². The van der Waals surface area contributed by atoms with Crippen molar-refractivity contribution in [2.45, 2.75) is 57.7 Å². The summed E-state index contributed by atoms with van der Waals surface area (Å²) in [6.07, 6.45) is 2.10. The maximum atomic E-state index is 15.3. The van der Waals surface area contributed by atoms with Crippen molar-refractivity contribution in [2.75, 3.05) is 18.4 Å². The van der Waals surface area contributed by atoms with Gasteiger partial charge in [0.25, 0.3) is 17.0 Å². The highest BCUT2D eigenvalue weighted by Crippen LogP contribution is 2.49.